The molecular weight excluding hydrogens is 295 g/mol. The van der Waals surface area contributed by atoms with Gasteiger partial charge < -0.3 is 14.4 Å². The summed E-state index contributed by atoms with van der Waals surface area (Å²) < 4.78 is 24.7. The van der Waals surface area contributed by atoms with Gasteiger partial charge in [0, 0.05) is 19.7 Å². The van der Waals surface area contributed by atoms with Crippen molar-refractivity contribution in [3.8, 4) is 17.2 Å². The van der Waals surface area contributed by atoms with Crippen LogP contribution in [0.5, 0.6) is 17.2 Å². The Morgan fingerprint density at radius 3 is 2.57 bits per heavy atom. The maximum atomic E-state index is 13.7. The SMILES string of the molecule is CCN(C)C=Nc1cc(OC)c(Oc2ccccc2F)cc1C. The predicted octanol–water partition coefficient (Wildman–Crippen LogP) is 4.55. The van der Waals surface area contributed by atoms with Crippen LogP contribution in [0.4, 0.5) is 10.1 Å². The van der Waals surface area contributed by atoms with Gasteiger partial charge in [-0.2, -0.15) is 0 Å². The molecule has 0 N–H and O–H groups in total. The lowest BCUT2D eigenvalue weighted by atomic mass is 10.2. The van der Waals surface area contributed by atoms with E-state index in [4.69, 9.17) is 9.47 Å². The fourth-order valence-corrected chi connectivity index (χ4v) is 1.92. The molecule has 0 saturated carbocycles. The zero-order valence-electron chi connectivity index (χ0n) is 13.8. The average Bonchev–Trinajstić information content (AvgIpc) is 2.55. The Labute approximate surface area is 136 Å². The summed E-state index contributed by atoms with van der Waals surface area (Å²) in [5, 5.41) is 0. The fraction of sp³-hybridized carbons (Fsp3) is 0.278. The van der Waals surface area contributed by atoms with Gasteiger partial charge in [-0.1, -0.05) is 12.1 Å². The Balaban J connectivity index is 2.33. The molecule has 0 aromatic heterocycles. The van der Waals surface area contributed by atoms with Gasteiger partial charge in [-0.25, -0.2) is 9.38 Å². The number of hydrogen-bond acceptors (Lipinski definition) is 3. The number of halogens is 1. The van der Waals surface area contributed by atoms with Crippen molar-refractivity contribution in [2.45, 2.75) is 13.8 Å². The van der Waals surface area contributed by atoms with Crippen LogP contribution in [0.25, 0.3) is 0 Å². The first-order chi connectivity index (χ1) is 11.0. The molecule has 0 heterocycles. The molecule has 2 aromatic carbocycles. The molecule has 0 fully saturated rings. The summed E-state index contributed by atoms with van der Waals surface area (Å²) in [4.78, 5) is 6.41. The van der Waals surface area contributed by atoms with Gasteiger partial charge in [0.2, 0.25) is 0 Å². The second-order valence-electron chi connectivity index (χ2n) is 5.14. The van der Waals surface area contributed by atoms with Crippen LogP contribution in [0.1, 0.15) is 12.5 Å². The summed E-state index contributed by atoms with van der Waals surface area (Å²) in [6.45, 7) is 4.84. The molecule has 0 aliphatic heterocycles. The van der Waals surface area contributed by atoms with E-state index in [-0.39, 0.29) is 5.75 Å². The molecule has 0 unspecified atom stereocenters. The first kappa shape index (κ1) is 16.8. The molecule has 0 aliphatic carbocycles. The monoisotopic (exact) mass is 316 g/mol. The van der Waals surface area contributed by atoms with E-state index in [1.807, 2.05) is 25.8 Å². The summed E-state index contributed by atoms with van der Waals surface area (Å²) in [7, 11) is 3.50. The van der Waals surface area contributed by atoms with Gasteiger partial charge >= 0.3 is 0 Å². The van der Waals surface area contributed by atoms with Crippen LogP contribution in [-0.2, 0) is 0 Å². The smallest absolute Gasteiger partial charge is 0.169 e. The predicted molar refractivity (Wildman–Crippen MR) is 90.7 cm³/mol. The standard InChI is InChI=1S/C18H21FN2O2/c1-5-21(3)12-20-15-11-17(22-4)18(10-13(15)2)23-16-9-7-6-8-14(16)19/h6-12H,5H2,1-4H3. The van der Waals surface area contributed by atoms with E-state index < -0.39 is 5.82 Å². The largest absolute Gasteiger partial charge is 0.493 e. The van der Waals surface area contributed by atoms with Gasteiger partial charge in [-0.15, -0.1) is 0 Å². The van der Waals surface area contributed by atoms with Gasteiger partial charge in [0.1, 0.15) is 0 Å². The molecule has 2 aromatic rings. The molecule has 0 spiro atoms. The second kappa shape index (κ2) is 7.63. The molecule has 5 heteroatoms. The van der Waals surface area contributed by atoms with Gasteiger partial charge in [-0.05, 0) is 37.6 Å². The van der Waals surface area contributed by atoms with Crippen LogP contribution >= 0.6 is 0 Å². The molecule has 23 heavy (non-hydrogen) atoms. The van der Waals surface area contributed by atoms with E-state index >= 15 is 0 Å². The van der Waals surface area contributed by atoms with Crippen LogP contribution in [0.2, 0.25) is 0 Å². The highest BCUT2D eigenvalue weighted by atomic mass is 19.1. The third kappa shape index (κ3) is 4.22. The lowest BCUT2D eigenvalue weighted by molar-refractivity contribution is 0.371. The summed E-state index contributed by atoms with van der Waals surface area (Å²) in [5.41, 5.74) is 1.70. The highest BCUT2D eigenvalue weighted by molar-refractivity contribution is 5.66. The van der Waals surface area contributed by atoms with Crippen molar-refractivity contribution in [2.75, 3.05) is 20.7 Å². The van der Waals surface area contributed by atoms with Crippen molar-refractivity contribution < 1.29 is 13.9 Å². The minimum absolute atomic E-state index is 0.159. The van der Waals surface area contributed by atoms with Crippen molar-refractivity contribution in [3.63, 3.8) is 0 Å². The van der Waals surface area contributed by atoms with Gasteiger partial charge in [-0.3, -0.25) is 0 Å². The second-order valence-corrected chi connectivity index (χ2v) is 5.14. The fourth-order valence-electron chi connectivity index (χ4n) is 1.92. The number of methoxy groups -OCH3 is 1. The number of benzene rings is 2. The quantitative estimate of drug-likeness (QED) is 0.579. The number of aryl methyl sites for hydroxylation is 1. The van der Waals surface area contributed by atoms with Crippen LogP contribution in [-0.4, -0.2) is 31.9 Å². The normalized spacial score (nSPS) is 10.8. The molecule has 0 amide bonds. The Morgan fingerprint density at radius 1 is 1.17 bits per heavy atom. The molecule has 0 aliphatic rings. The number of rotatable bonds is 6. The van der Waals surface area contributed by atoms with E-state index in [0.717, 1.165) is 17.8 Å². The van der Waals surface area contributed by atoms with E-state index in [1.165, 1.54) is 6.07 Å². The van der Waals surface area contributed by atoms with E-state index in [9.17, 15) is 4.39 Å². The summed E-state index contributed by atoms with van der Waals surface area (Å²) in [6.07, 6.45) is 1.76. The highest BCUT2D eigenvalue weighted by Crippen LogP contribution is 2.37. The van der Waals surface area contributed by atoms with E-state index in [0.29, 0.717) is 11.5 Å². The van der Waals surface area contributed by atoms with Crippen LogP contribution < -0.4 is 9.47 Å². The van der Waals surface area contributed by atoms with Crippen LogP contribution in [0.15, 0.2) is 41.4 Å². The van der Waals surface area contributed by atoms with Crippen LogP contribution in [0, 0.1) is 12.7 Å². The number of para-hydroxylation sites is 1. The van der Waals surface area contributed by atoms with Gasteiger partial charge in [0.15, 0.2) is 23.1 Å². The summed E-state index contributed by atoms with van der Waals surface area (Å²) in [6, 6.07) is 9.85. The zero-order valence-corrected chi connectivity index (χ0v) is 13.8. The lowest BCUT2D eigenvalue weighted by Gasteiger charge is -2.14. The molecule has 0 bridgehead atoms. The first-order valence-electron chi connectivity index (χ1n) is 7.40. The zero-order chi connectivity index (χ0) is 16.8. The Bertz CT molecular complexity index is 701. The van der Waals surface area contributed by atoms with E-state index in [1.54, 1.807) is 43.8 Å². The van der Waals surface area contributed by atoms with Crippen molar-refractivity contribution in [1.82, 2.24) is 4.90 Å². The number of nitrogens with zero attached hydrogens (tertiary/aromatic N) is 2. The maximum Gasteiger partial charge on any atom is 0.169 e. The molecule has 2 rings (SSSR count). The molecule has 0 atom stereocenters. The van der Waals surface area contributed by atoms with Crippen molar-refractivity contribution >= 4 is 12.0 Å². The number of aliphatic imine (C=N–C) groups is 1. The topological polar surface area (TPSA) is 34.1 Å². The third-order valence-corrected chi connectivity index (χ3v) is 3.43. The van der Waals surface area contributed by atoms with Crippen molar-refractivity contribution in [3.05, 3.63) is 47.8 Å². The average molecular weight is 316 g/mol. The Hall–Kier alpha value is -2.56. The summed E-state index contributed by atoms with van der Waals surface area (Å²) >= 11 is 0. The Kier molecular flexibility index (Phi) is 5.57. The molecule has 4 nitrogen and oxygen atoms in total. The molecule has 0 saturated heterocycles. The highest BCUT2D eigenvalue weighted by Gasteiger charge is 2.12. The van der Waals surface area contributed by atoms with Gasteiger partial charge in [0.25, 0.3) is 0 Å². The molecule has 0 radical (unpaired) electrons. The molecule has 122 valence electrons. The minimum Gasteiger partial charge on any atom is -0.493 e. The third-order valence-electron chi connectivity index (χ3n) is 3.43. The maximum absolute atomic E-state index is 13.7. The van der Waals surface area contributed by atoms with Crippen molar-refractivity contribution in [2.24, 2.45) is 4.99 Å². The lowest BCUT2D eigenvalue weighted by Crippen LogP contribution is -2.14. The van der Waals surface area contributed by atoms with Gasteiger partial charge in [0.05, 0.1) is 19.1 Å². The molecular formula is C18H21FN2O2. The number of hydrogen-bond donors (Lipinski definition) is 0. The number of ether oxygens (including phenoxy) is 2. The van der Waals surface area contributed by atoms with E-state index in [2.05, 4.69) is 4.99 Å². The summed E-state index contributed by atoms with van der Waals surface area (Å²) in [5.74, 6) is 0.703. The minimum atomic E-state index is -0.418. The first-order valence-corrected chi connectivity index (χ1v) is 7.40. The van der Waals surface area contributed by atoms with Crippen LogP contribution in [0.3, 0.4) is 0 Å². The Morgan fingerprint density at radius 2 is 1.91 bits per heavy atom. The van der Waals surface area contributed by atoms with Crippen molar-refractivity contribution in [1.29, 1.82) is 0 Å².